The van der Waals surface area contributed by atoms with Gasteiger partial charge in [-0.3, -0.25) is 9.36 Å². The second kappa shape index (κ2) is 3.14. The van der Waals surface area contributed by atoms with Gasteiger partial charge in [-0.05, 0) is 19.1 Å². The van der Waals surface area contributed by atoms with Gasteiger partial charge in [0.2, 0.25) is 5.82 Å². The zero-order valence-corrected chi connectivity index (χ0v) is 8.47. The Bertz CT molecular complexity index is 343. The van der Waals surface area contributed by atoms with Gasteiger partial charge in [0.1, 0.15) is 0 Å². The zero-order chi connectivity index (χ0) is 9.42. The highest BCUT2D eigenvalue weighted by Gasteiger charge is 2.30. The Kier molecular flexibility index (Phi) is 2.11. The third-order valence-corrected chi connectivity index (χ3v) is 2.72. The van der Waals surface area contributed by atoms with E-state index in [2.05, 4.69) is 10.2 Å². The van der Waals surface area contributed by atoms with Crippen molar-refractivity contribution in [2.24, 2.45) is 0 Å². The summed E-state index contributed by atoms with van der Waals surface area (Å²) in [6.07, 6.45) is 4.24. The molecule has 1 aromatic rings. The van der Waals surface area contributed by atoms with E-state index in [9.17, 15) is 4.79 Å². The molecule has 0 saturated heterocycles. The van der Waals surface area contributed by atoms with Gasteiger partial charge in [-0.1, -0.05) is 11.8 Å². The van der Waals surface area contributed by atoms with Gasteiger partial charge >= 0.3 is 0 Å². The molecule has 0 bridgehead atoms. The number of hydrogen-bond donors (Lipinski definition) is 0. The molecule has 0 N–H and O–H groups in total. The van der Waals surface area contributed by atoms with Gasteiger partial charge in [-0.15, -0.1) is 10.2 Å². The Hall–Kier alpha value is -0.840. The first-order chi connectivity index (χ1) is 6.24. The molecule has 1 heterocycles. The van der Waals surface area contributed by atoms with Gasteiger partial charge in [0.15, 0.2) is 10.9 Å². The molecule has 5 heteroatoms. The number of nitrogens with zero attached hydrogens (tertiary/aromatic N) is 3. The lowest BCUT2D eigenvalue weighted by Gasteiger charge is -2.03. The van der Waals surface area contributed by atoms with Crippen molar-refractivity contribution >= 4 is 17.5 Å². The standard InChI is InChI=1S/C8H11N3OS/c1-5(12)7-9-10-8(13-2)11(7)6-3-4-6/h6H,3-4H2,1-2H3. The molecular weight excluding hydrogens is 186 g/mol. The Morgan fingerprint density at radius 3 is 2.69 bits per heavy atom. The minimum Gasteiger partial charge on any atom is -0.296 e. The molecule has 0 aliphatic heterocycles. The van der Waals surface area contributed by atoms with E-state index in [1.807, 2.05) is 10.8 Å². The van der Waals surface area contributed by atoms with Crippen LogP contribution in [0.5, 0.6) is 0 Å². The highest BCUT2D eigenvalue weighted by molar-refractivity contribution is 7.98. The van der Waals surface area contributed by atoms with Crippen molar-refractivity contribution in [2.75, 3.05) is 6.26 Å². The van der Waals surface area contributed by atoms with Gasteiger partial charge in [-0.25, -0.2) is 0 Å². The van der Waals surface area contributed by atoms with Gasteiger partial charge in [0, 0.05) is 13.0 Å². The van der Waals surface area contributed by atoms with Crippen LogP contribution in [0.25, 0.3) is 0 Å². The Balaban J connectivity index is 2.44. The molecule has 1 aliphatic carbocycles. The van der Waals surface area contributed by atoms with E-state index in [-0.39, 0.29) is 5.78 Å². The van der Waals surface area contributed by atoms with Gasteiger partial charge < -0.3 is 0 Å². The van der Waals surface area contributed by atoms with Crippen LogP contribution >= 0.6 is 11.8 Å². The molecule has 4 nitrogen and oxygen atoms in total. The average molecular weight is 197 g/mol. The molecule has 0 radical (unpaired) electrons. The van der Waals surface area contributed by atoms with Crippen molar-refractivity contribution in [3.63, 3.8) is 0 Å². The quantitative estimate of drug-likeness (QED) is 0.544. The van der Waals surface area contributed by atoms with Crippen LogP contribution in [0.4, 0.5) is 0 Å². The summed E-state index contributed by atoms with van der Waals surface area (Å²) in [5, 5.41) is 8.72. The summed E-state index contributed by atoms with van der Waals surface area (Å²) >= 11 is 1.54. The molecule has 1 fully saturated rings. The fourth-order valence-corrected chi connectivity index (χ4v) is 1.87. The van der Waals surface area contributed by atoms with Crippen molar-refractivity contribution < 1.29 is 4.79 Å². The van der Waals surface area contributed by atoms with Crippen LogP contribution in [0.2, 0.25) is 0 Å². The van der Waals surface area contributed by atoms with Crippen LogP contribution in [0.3, 0.4) is 0 Å². The Morgan fingerprint density at radius 1 is 1.54 bits per heavy atom. The number of ketones is 1. The number of carbonyl (C=O) groups excluding carboxylic acids is 1. The molecule has 2 rings (SSSR count). The maximum Gasteiger partial charge on any atom is 0.200 e. The smallest absolute Gasteiger partial charge is 0.200 e. The van der Waals surface area contributed by atoms with Crippen molar-refractivity contribution in [2.45, 2.75) is 31.0 Å². The molecule has 0 unspecified atom stereocenters. The average Bonchev–Trinajstić information content (AvgIpc) is 2.84. The lowest BCUT2D eigenvalue weighted by atomic mass is 10.4. The zero-order valence-electron chi connectivity index (χ0n) is 7.65. The number of carbonyl (C=O) groups is 1. The maximum absolute atomic E-state index is 11.2. The largest absolute Gasteiger partial charge is 0.296 e. The van der Waals surface area contributed by atoms with Crippen LogP contribution < -0.4 is 0 Å². The summed E-state index contributed by atoms with van der Waals surface area (Å²) in [6.45, 7) is 1.53. The van der Waals surface area contributed by atoms with Crippen LogP contribution in [0.1, 0.15) is 36.4 Å². The molecule has 0 atom stereocenters. The lowest BCUT2D eigenvalue weighted by Crippen LogP contribution is -2.06. The topological polar surface area (TPSA) is 47.8 Å². The van der Waals surface area contributed by atoms with Crippen LogP contribution in [-0.4, -0.2) is 26.8 Å². The van der Waals surface area contributed by atoms with Crippen LogP contribution in [-0.2, 0) is 0 Å². The molecule has 70 valence electrons. The number of rotatable bonds is 3. The maximum atomic E-state index is 11.2. The monoisotopic (exact) mass is 197 g/mol. The second-order valence-electron chi connectivity index (χ2n) is 3.17. The first-order valence-corrected chi connectivity index (χ1v) is 5.46. The minimum atomic E-state index is -0.000278. The van der Waals surface area contributed by atoms with Crippen molar-refractivity contribution in [3.8, 4) is 0 Å². The summed E-state index contributed by atoms with van der Waals surface area (Å²) in [5.41, 5.74) is 0. The highest BCUT2D eigenvalue weighted by Crippen LogP contribution is 2.38. The number of Topliss-reactive ketones (excluding diaryl/α,β-unsaturated/α-hetero) is 1. The first kappa shape index (κ1) is 8.74. The summed E-state index contributed by atoms with van der Waals surface area (Å²) in [4.78, 5) is 11.2. The predicted molar refractivity (Wildman–Crippen MR) is 50.1 cm³/mol. The fraction of sp³-hybridized carbons (Fsp3) is 0.625. The molecule has 13 heavy (non-hydrogen) atoms. The molecule has 1 aromatic heterocycles. The van der Waals surface area contributed by atoms with Gasteiger partial charge in [0.05, 0.1) is 0 Å². The number of hydrogen-bond acceptors (Lipinski definition) is 4. The lowest BCUT2D eigenvalue weighted by molar-refractivity contribution is 0.0998. The molecule has 1 aliphatic rings. The third-order valence-electron chi connectivity index (χ3n) is 2.07. The van der Waals surface area contributed by atoms with Crippen molar-refractivity contribution in [1.82, 2.24) is 14.8 Å². The Morgan fingerprint density at radius 2 is 2.23 bits per heavy atom. The number of thioether (sulfide) groups is 1. The van der Waals surface area contributed by atoms with Crippen molar-refractivity contribution in [1.29, 1.82) is 0 Å². The SMILES string of the molecule is CSc1nnc(C(C)=O)n1C1CC1. The van der Waals surface area contributed by atoms with E-state index in [1.54, 1.807) is 0 Å². The molecular formula is C8H11N3OS. The van der Waals surface area contributed by atoms with E-state index in [4.69, 9.17) is 0 Å². The molecule has 1 saturated carbocycles. The molecule has 0 amide bonds. The Labute approximate surface area is 80.7 Å². The van der Waals surface area contributed by atoms with E-state index in [0.29, 0.717) is 11.9 Å². The van der Waals surface area contributed by atoms with E-state index < -0.39 is 0 Å². The van der Waals surface area contributed by atoms with Crippen LogP contribution in [0.15, 0.2) is 5.16 Å². The molecule has 0 spiro atoms. The van der Waals surface area contributed by atoms with Crippen LogP contribution in [0, 0.1) is 0 Å². The van der Waals surface area contributed by atoms with E-state index in [0.717, 1.165) is 18.0 Å². The fourth-order valence-electron chi connectivity index (χ4n) is 1.32. The van der Waals surface area contributed by atoms with E-state index in [1.165, 1.54) is 18.7 Å². The first-order valence-electron chi connectivity index (χ1n) is 4.24. The normalized spacial score (nSPS) is 16.2. The summed E-state index contributed by atoms with van der Waals surface area (Å²) < 4.78 is 1.97. The number of aromatic nitrogens is 3. The van der Waals surface area contributed by atoms with Gasteiger partial charge in [0.25, 0.3) is 0 Å². The minimum absolute atomic E-state index is 0.000278. The molecule has 0 aromatic carbocycles. The highest BCUT2D eigenvalue weighted by atomic mass is 32.2. The summed E-state index contributed by atoms with van der Waals surface area (Å²) in [7, 11) is 0. The van der Waals surface area contributed by atoms with Crippen molar-refractivity contribution in [3.05, 3.63) is 5.82 Å². The summed E-state index contributed by atoms with van der Waals surface area (Å²) in [6, 6.07) is 0.469. The van der Waals surface area contributed by atoms with E-state index >= 15 is 0 Å². The van der Waals surface area contributed by atoms with Gasteiger partial charge in [-0.2, -0.15) is 0 Å². The predicted octanol–water partition coefficient (Wildman–Crippen LogP) is 1.54. The third kappa shape index (κ3) is 1.48. The summed E-state index contributed by atoms with van der Waals surface area (Å²) in [5.74, 6) is 0.506. The second-order valence-corrected chi connectivity index (χ2v) is 3.94.